The summed E-state index contributed by atoms with van der Waals surface area (Å²) in [6.45, 7) is 11.2. The van der Waals surface area contributed by atoms with E-state index in [0.29, 0.717) is 6.42 Å². The van der Waals surface area contributed by atoms with Crippen LogP contribution in [-0.4, -0.2) is 29.7 Å². The molecule has 0 saturated carbocycles. The highest BCUT2D eigenvalue weighted by molar-refractivity contribution is 5.88. The van der Waals surface area contributed by atoms with Crippen molar-refractivity contribution in [3.05, 3.63) is 0 Å². The highest BCUT2D eigenvalue weighted by Crippen LogP contribution is 2.16. The van der Waals surface area contributed by atoms with Crippen LogP contribution in [0.3, 0.4) is 0 Å². The lowest BCUT2D eigenvalue weighted by Crippen LogP contribution is -2.38. The number of nitrogens with one attached hydrogen (secondary N) is 2. The van der Waals surface area contributed by atoms with E-state index in [9.17, 15) is 14.4 Å². The molecule has 0 bridgehead atoms. The Labute approximate surface area is 128 Å². The van der Waals surface area contributed by atoms with Gasteiger partial charge in [-0.2, -0.15) is 0 Å². The van der Waals surface area contributed by atoms with Crippen LogP contribution >= 0.6 is 0 Å². The molecule has 1 unspecified atom stereocenters. The molecule has 0 heterocycles. The number of Topliss-reactive ketones (excluding diaryl/α,β-unsaturated/α-hetero) is 1. The van der Waals surface area contributed by atoms with E-state index in [1.165, 1.54) is 0 Å². The predicted molar refractivity (Wildman–Crippen MR) is 83.7 cm³/mol. The highest BCUT2D eigenvalue weighted by atomic mass is 16.2. The SMILES string of the molecule is CC(C)NC(=O)CCC(CC(=O)C(C)C)C(=O)NC(C)C. The monoisotopic (exact) mass is 298 g/mol. The summed E-state index contributed by atoms with van der Waals surface area (Å²) in [5.74, 6) is -0.687. The highest BCUT2D eigenvalue weighted by Gasteiger charge is 2.24. The van der Waals surface area contributed by atoms with Crippen molar-refractivity contribution in [1.29, 1.82) is 0 Å². The molecule has 0 saturated heterocycles. The van der Waals surface area contributed by atoms with Crippen LogP contribution in [0.5, 0.6) is 0 Å². The molecule has 21 heavy (non-hydrogen) atoms. The first kappa shape index (κ1) is 19.6. The fraction of sp³-hybridized carbons (Fsp3) is 0.812. The largest absolute Gasteiger partial charge is 0.354 e. The van der Waals surface area contributed by atoms with Crippen LogP contribution in [0, 0.1) is 11.8 Å². The van der Waals surface area contributed by atoms with Crippen LogP contribution in [0.25, 0.3) is 0 Å². The summed E-state index contributed by atoms with van der Waals surface area (Å²) in [4.78, 5) is 35.7. The second kappa shape index (κ2) is 9.53. The van der Waals surface area contributed by atoms with Gasteiger partial charge in [-0.15, -0.1) is 0 Å². The van der Waals surface area contributed by atoms with Gasteiger partial charge in [-0.3, -0.25) is 14.4 Å². The number of hydrogen-bond donors (Lipinski definition) is 2. The van der Waals surface area contributed by atoms with Crippen molar-refractivity contribution in [1.82, 2.24) is 10.6 Å². The second-order valence-corrected chi connectivity index (χ2v) is 6.45. The molecular formula is C16H30N2O3. The summed E-state index contributed by atoms with van der Waals surface area (Å²) in [5.41, 5.74) is 0. The summed E-state index contributed by atoms with van der Waals surface area (Å²) in [5, 5.41) is 5.63. The van der Waals surface area contributed by atoms with Crippen LogP contribution in [0.1, 0.15) is 60.8 Å². The molecule has 5 nitrogen and oxygen atoms in total. The number of carbonyl (C=O) groups excluding carboxylic acids is 3. The zero-order valence-corrected chi connectivity index (χ0v) is 14.2. The molecule has 2 N–H and O–H groups in total. The van der Waals surface area contributed by atoms with Crippen molar-refractivity contribution in [3.63, 3.8) is 0 Å². The molecule has 0 aromatic carbocycles. The van der Waals surface area contributed by atoms with Gasteiger partial charge in [-0.1, -0.05) is 13.8 Å². The van der Waals surface area contributed by atoms with Crippen molar-refractivity contribution >= 4 is 17.6 Å². The van der Waals surface area contributed by atoms with E-state index in [4.69, 9.17) is 0 Å². The van der Waals surface area contributed by atoms with Gasteiger partial charge < -0.3 is 10.6 Å². The molecule has 5 heteroatoms. The first-order chi connectivity index (χ1) is 9.63. The average molecular weight is 298 g/mol. The van der Waals surface area contributed by atoms with Crippen LogP contribution in [0.4, 0.5) is 0 Å². The van der Waals surface area contributed by atoms with Gasteiger partial charge in [0.05, 0.1) is 0 Å². The Bertz CT molecular complexity index is 363. The quantitative estimate of drug-likeness (QED) is 0.684. The maximum Gasteiger partial charge on any atom is 0.223 e. The number of ketones is 1. The summed E-state index contributed by atoms with van der Waals surface area (Å²) in [7, 11) is 0. The first-order valence-electron chi connectivity index (χ1n) is 7.75. The molecule has 0 aromatic heterocycles. The summed E-state index contributed by atoms with van der Waals surface area (Å²) in [6, 6.07) is 0.108. The van der Waals surface area contributed by atoms with Gasteiger partial charge in [-0.25, -0.2) is 0 Å². The fourth-order valence-corrected chi connectivity index (χ4v) is 1.91. The standard InChI is InChI=1S/C16H30N2O3/c1-10(2)14(19)9-13(16(21)18-12(5)6)7-8-15(20)17-11(3)4/h10-13H,7-9H2,1-6H3,(H,17,20)(H,18,21). The Morgan fingerprint density at radius 2 is 1.38 bits per heavy atom. The van der Waals surface area contributed by atoms with Gasteiger partial charge in [0.25, 0.3) is 0 Å². The van der Waals surface area contributed by atoms with Gasteiger partial charge in [0.15, 0.2) is 0 Å². The smallest absolute Gasteiger partial charge is 0.223 e. The van der Waals surface area contributed by atoms with Crippen molar-refractivity contribution < 1.29 is 14.4 Å². The molecule has 2 amide bonds. The second-order valence-electron chi connectivity index (χ2n) is 6.45. The minimum Gasteiger partial charge on any atom is -0.354 e. The Balaban J connectivity index is 4.61. The number of amides is 2. The molecule has 0 spiro atoms. The Hall–Kier alpha value is -1.39. The summed E-state index contributed by atoms with van der Waals surface area (Å²) < 4.78 is 0. The fourth-order valence-electron chi connectivity index (χ4n) is 1.91. The van der Waals surface area contributed by atoms with Crippen LogP contribution in [-0.2, 0) is 14.4 Å². The number of carbonyl (C=O) groups is 3. The van der Waals surface area contributed by atoms with Crippen molar-refractivity contribution in [3.8, 4) is 0 Å². The molecule has 0 aliphatic rings. The predicted octanol–water partition coefficient (Wildman–Crippen LogP) is 2.05. The third-order valence-electron chi connectivity index (χ3n) is 3.06. The van der Waals surface area contributed by atoms with Gasteiger partial charge in [0, 0.05) is 36.8 Å². The van der Waals surface area contributed by atoms with Crippen molar-refractivity contribution in [2.45, 2.75) is 72.9 Å². The molecule has 0 fully saturated rings. The molecule has 0 radical (unpaired) electrons. The van der Waals surface area contributed by atoms with E-state index in [-0.39, 0.29) is 48.4 Å². The molecule has 1 atom stereocenters. The topological polar surface area (TPSA) is 75.3 Å². The van der Waals surface area contributed by atoms with Crippen LogP contribution < -0.4 is 10.6 Å². The van der Waals surface area contributed by atoms with E-state index in [2.05, 4.69) is 10.6 Å². The van der Waals surface area contributed by atoms with Gasteiger partial charge in [0.1, 0.15) is 5.78 Å². The van der Waals surface area contributed by atoms with Crippen molar-refractivity contribution in [2.24, 2.45) is 11.8 Å². The van der Waals surface area contributed by atoms with Crippen LogP contribution in [0.15, 0.2) is 0 Å². The van der Waals surface area contributed by atoms with Gasteiger partial charge in [0.2, 0.25) is 11.8 Å². The van der Waals surface area contributed by atoms with E-state index in [1.807, 2.05) is 41.5 Å². The third kappa shape index (κ3) is 9.21. The lowest BCUT2D eigenvalue weighted by Gasteiger charge is -2.19. The summed E-state index contributed by atoms with van der Waals surface area (Å²) >= 11 is 0. The molecule has 0 rings (SSSR count). The van der Waals surface area contributed by atoms with Crippen molar-refractivity contribution in [2.75, 3.05) is 0 Å². The van der Waals surface area contributed by atoms with E-state index < -0.39 is 5.92 Å². The third-order valence-corrected chi connectivity index (χ3v) is 3.06. The zero-order valence-electron chi connectivity index (χ0n) is 14.2. The maximum atomic E-state index is 12.2. The van der Waals surface area contributed by atoms with Gasteiger partial charge in [-0.05, 0) is 34.1 Å². The Morgan fingerprint density at radius 3 is 1.81 bits per heavy atom. The van der Waals surface area contributed by atoms with Crippen LogP contribution in [0.2, 0.25) is 0 Å². The minimum absolute atomic E-state index is 0.0265. The molecular weight excluding hydrogens is 268 g/mol. The van der Waals surface area contributed by atoms with E-state index in [1.54, 1.807) is 0 Å². The average Bonchev–Trinajstić information content (AvgIpc) is 2.31. The molecule has 0 aromatic rings. The normalized spacial score (nSPS) is 12.6. The summed E-state index contributed by atoms with van der Waals surface area (Å²) in [6.07, 6.45) is 0.862. The van der Waals surface area contributed by atoms with E-state index >= 15 is 0 Å². The molecule has 0 aliphatic carbocycles. The molecule has 0 aliphatic heterocycles. The Morgan fingerprint density at radius 1 is 0.857 bits per heavy atom. The minimum atomic E-state index is -0.430. The molecule has 122 valence electrons. The van der Waals surface area contributed by atoms with Gasteiger partial charge >= 0.3 is 0 Å². The number of rotatable bonds is 9. The Kier molecular flexibility index (Phi) is 8.90. The lowest BCUT2D eigenvalue weighted by molar-refractivity contribution is -0.131. The lowest BCUT2D eigenvalue weighted by atomic mass is 9.91. The maximum absolute atomic E-state index is 12.2. The van der Waals surface area contributed by atoms with E-state index in [0.717, 1.165) is 0 Å². The zero-order chi connectivity index (χ0) is 16.6. The number of hydrogen-bond acceptors (Lipinski definition) is 3. The first-order valence-corrected chi connectivity index (χ1v) is 7.75.